The van der Waals surface area contributed by atoms with Crippen molar-refractivity contribution in [2.45, 2.75) is 13.3 Å². The molecule has 0 aromatic heterocycles. The number of rotatable bonds is 4. The lowest BCUT2D eigenvalue weighted by molar-refractivity contribution is 0.298. The zero-order chi connectivity index (χ0) is 8.91. The van der Waals surface area contributed by atoms with Gasteiger partial charge < -0.3 is 4.74 Å². The molecule has 0 aromatic carbocycles. The van der Waals surface area contributed by atoms with Crippen molar-refractivity contribution in [3.8, 4) is 0 Å². The van der Waals surface area contributed by atoms with Crippen LogP contribution in [0.5, 0.6) is 0 Å². The van der Waals surface area contributed by atoms with E-state index in [4.69, 9.17) is 9.96 Å². The molecule has 6 heteroatoms. The highest BCUT2D eigenvalue weighted by molar-refractivity contribution is 7.85. The normalized spacial score (nSPS) is 11.1. The fourth-order valence-corrected chi connectivity index (χ4v) is 0.949. The van der Waals surface area contributed by atoms with Crippen molar-refractivity contribution in [3.05, 3.63) is 0 Å². The SMILES string of the molecule is CC(=N)OCCCS(=O)(=O)O. The molecule has 11 heavy (non-hydrogen) atoms. The Morgan fingerprint density at radius 1 is 1.64 bits per heavy atom. The molecule has 0 heterocycles. The molecule has 0 amide bonds. The predicted octanol–water partition coefficient (Wildman–Crippen LogP) is 0.278. The second-order valence-corrected chi connectivity index (χ2v) is 3.62. The number of hydrogen-bond donors (Lipinski definition) is 2. The molecule has 0 bridgehead atoms. The molecule has 0 atom stereocenters. The van der Waals surface area contributed by atoms with Crippen molar-refractivity contribution in [1.29, 1.82) is 5.41 Å². The molecule has 0 saturated heterocycles. The maximum absolute atomic E-state index is 10.1. The second kappa shape index (κ2) is 4.30. The average Bonchev–Trinajstić information content (AvgIpc) is 1.78. The van der Waals surface area contributed by atoms with Gasteiger partial charge in [-0.15, -0.1) is 0 Å². The summed E-state index contributed by atoms with van der Waals surface area (Å²) in [6, 6.07) is 0. The first-order valence-electron chi connectivity index (χ1n) is 3.05. The third-order valence-electron chi connectivity index (χ3n) is 0.865. The quantitative estimate of drug-likeness (QED) is 0.282. The fraction of sp³-hybridized carbons (Fsp3) is 0.800. The van der Waals surface area contributed by atoms with Crippen LogP contribution in [-0.4, -0.2) is 31.2 Å². The Bertz CT molecular complexity index is 221. The van der Waals surface area contributed by atoms with E-state index in [9.17, 15) is 8.42 Å². The van der Waals surface area contributed by atoms with Crippen LogP contribution in [0.25, 0.3) is 0 Å². The van der Waals surface area contributed by atoms with E-state index in [1.807, 2.05) is 0 Å². The highest BCUT2D eigenvalue weighted by atomic mass is 32.2. The number of ether oxygens (including phenoxy) is 1. The van der Waals surface area contributed by atoms with Gasteiger partial charge in [0.25, 0.3) is 10.1 Å². The first-order chi connectivity index (χ1) is 4.92. The lowest BCUT2D eigenvalue weighted by Crippen LogP contribution is -2.08. The molecule has 0 spiro atoms. The Morgan fingerprint density at radius 2 is 2.18 bits per heavy atom. The van der Waals surface area contributed by atoms with Crippen LogP contribution >= 0.6 is 0 Å². The van der Waals surface area contributed by atoms with Crippen LogP contribution in [0.4, 0.5) is 0 Å². The number of nitrogens with one attached hydrogen (secondary N) is 1. The average molecular weight is 181 g/mol. The Kier molecular flexibility index (Phi) is 4.06. The van der Waals surface area contributed by atoms with Crippen LogP contribution < -0.4 is 0 Å². The Morgan fingerprint density at radius 3 is 2.55 bits per heavy atom. The summed E-state index contributed by atoms with van der Waals surface area (Å²) in [5.74, 6) is -0.277. The first-order valence-corrected chi connectivity index (χ1v) is 4.66. The van der Waals surface area contributed by atoms with Crippen LogP contribution in [0.1, 0.15) is 13.3 Å². The molecule has 0 saturated carbocycles. The molecule has 0 radical (unpaired) electrons. The molecule has 0 aliphatic heterocycles. The zero-order valence-electron chi connectivity index (χ0n) is 6.20. The zero-order valence-corrected chi connectivity index (χ0v) is 7.02. The molecule has 0 aliphatic carbocycles. The van der Waals surface area contributed by atoms with Crippen LogP contribution in [0.2, 0.25) is 0 Å². The summed E-state index contributed by atoms with van der Waals surface area (Å²) in [5.41, 5.74) is 0. The van der Waals surface area contributed by atoms with Gasteiger partial charge in [0.05, 0.1) is 12.4 Å². The van der Waals surface area contributed by atoms with Crippen molar-refractivity contribution in [2.75, 3.05) is 12.4 Å². The van der Waals surface area contributed by atoms with E-state index in [-0.39, 0.29) is 24.7 Å². The van der Waals surface area contributed by atoms with Gasteiger partial charge in [-0.25, -0.2) is 0 Å². The second-order valence-electron chi connectivity index (χ2n) is 2.04. The minimum atomic E-state index is -3.87. The van der Waals surface area contributed by atoms with Crippen LogP contribution in [0.15, 0.2) is 0 Å². The van der Waals surface area contributed by atoms with E-state index in [1.54, 1.807) is 0 Å². The van der Waals surface area contributed by atoms with Gasteiger partial charge in [0.2, 0.25) is 0 Å². The van der Waals surface area contributed by atoms with Gasteiger partial charge >= 0.3 is 0 Å². The van der Waals surface area contributed by atoms with Crippen LogP contribution in [-0.2, 0) is 14.9 Å². The van der Waals surface area contributed by atoms with Gasteiger partial charge in [0.1, 0.15) is 0 Å². The lowest BCUT2D eigenvalue weighted by Gasteiger charge is -2.00. The summed E-state index contributed by atoms with van der Waals surface area (Å²) < 4.78 is 33.1. The van der Waals surface area contributed by atoms with Crippen molar-refractivity contribution >= 4 is 16.0 Å². The molecule has 0 aromatic rings. The standard InChI is InChI=1S/C5H11NO4S/c1-5(6)10-3-2-4-11(7,8)9/h6H,2-4H2,1H3,(H,7,8,9). The van der Waals surface area contributed by atoms with Crippen LogP contribution in [0.3, 0.4) is 0 Å². The fourth-order valence-electron chi connectivity index (χ4n) is 0.467. The van der Waals surface area contributed by atoms with Crippen molar-refractivity contribution in [1.82, 2.24) is 0 Å². The van der Waals surface area contributed by atoms with E-state index in [0.29, 0.717) is 0 Å². The van der Waals surface area contributed by atoms with Crippen LogP contribution in [0, 0.1) is 5.41 Å². The summed E-state index contributed by atoms with van der Waals surface area (Å²) in [4.78, 5) is 0. The predicted molar refractivity (Wildman–Crippen MR) is 40.4 cm³/mol. The largest absolute Gasteiger partial charge is 0.481 e. The highest BCUT2D eigenvalue weighted by Crippen LogP contribution is 1.89. The van der Waals surface area contributed by atoms with E-state index in [0.717, 1.165) is 0 Å². The molecule has 0 fully saturated rings. The van der Waals surface area contributed by atoms with Gasteiger partial charge in [-0.2, -0.15) is 8.42 Å². The van der Waals surface area contributed by atoms with Gasteiger partial charge in [0, 0.05) is 6.92 Å². The van der Waals surface area contributed by atoms with E-state index in [2.05, 4.69) is 4.74 Å². The highest BCUT2D eigenvalue weighted by Gasteiger charge is 2.03. The Balaban J connectivity index is 3.37. The van der Waals surface area contributed by atoms with Crippen molar-refractivity contribution < 1.29 is 17.7 Å². The van der Waals surface area contributed by atoms with Crippen molar-refractivity contribution in [3.63, 3.8) is 0 Å². The Hall–Kier alpha value is -0.620. The third kappa shape index (κ3) is 9.38. The summed E-state index contributed by atoms with van der Waals surface area (Å²) in [6.07, 6.45) is 0.203. The third-order valence-corrected chi connectivity index (χ3v) is 1.67. The van der Waals surface area contributed by atoms with E-state index in [1.165, 1.54) is 6.92 Å². The molecule has 5 nitrogen and oxygen atoms in total. The topological polar surface area (TPSA) is 87.5 Å². The minimum absolute atomic E-state index is 0.0420. The number of hydrogen-bond acceptors (Lipinski definition) is 4. The summed E-state index contributed by atoms with van der Waals surface area (Å²) in [7, 11) is -3.87. The maximum atomic E-state index is 10.1. The lowest BCUT2D eigenvalue weighted by atomic mass is 10.5. The molecule has 0 rings (SSSR count). The molecule has 0 unspecified atom stereocenters. The van der Waals surface area contributed by atoms with E-state index < -0.39 is 10.1 Å². The first kappa shape index (κ1) is 10.4. The smallest absolute Gasteiger partial charge is 0.264 e. The van der Waals surface area contributed by atoms with Gasteiger partial charge in [-0.3, -0.25) is 9.96 Å². The molecular weight excluding hydrogens is 170 g/mol. The summed E-state index contributed by atoms with van der Waals surface area (Å²) in [6.45, 7) is 1.60. The summed E-state index contributed by atoms with van der Waals surface area (Å²) in [5, 5.41) is 6.79. The van der Waals surface area contributed by atoms with Gasteiger partial charge in [-0.05, 0) is 6.42 Å². The van der Waals surface area contributed by atoms with Gasteiger partial charge in [-0.1, -0.05) is 0 Å². The molecule has 2 N–H and O–H groups in total. The minimum Gasteiger partial charge on any atom is -0.481 e. The molecule has 66 valence electrons. The molecular formula is C5H11NO4S. The van der Waals surface area contributed by atoms with E-state index >= 15 is 0 Å². The molecule has 0 aliphatic rings. The Labute approximate surface area is 65.6 Å². The monoisotopic (exact) mass is 181 g/mol. The maximum Gasteiger partial charge on any atom is 0.264 e. The van der Waals surface area contributed by atoms with Gasteiger partial charge in [0.15, 0.2) is 5.90 Å². The van der Waals surface area contributed by atoms with Crippen molar-refractivity contribution in [2.24, 2.45) is 0 Å². The summed E-state index contributed by atoms with van der Waals surface area (Å²) >= 11 is 0.